The van der Waals surface area contributed by atoms with Crippen LogP contribution in [0.3, 0.4) is 0 Å². The monoisotopic (exact) mass is 287 g/mol. The number of benzene rings is 1. The Balaban J connectivity index is 1.59. The van der Waals surface area contributed by atoms with Crippen LogP contribution >= 0.6 is 0 Å². The van der Waals surface area contributed by atoms with E-state index in [9.17, 15) is 0 Å². The molecule has 0 aromatic heterocycles. The zero-order valence-electron chi connectivity index (χ0n) is 13.9. The maximum absolute atomic E-state index is 3.54. The highest BCUT2D eigenvalue weighted by atomic mass is 14.9. The summed E-state index contributed by atoms with van der Waals surface area (Å²) in [5, 5.41) is 3.54. The van der Waals surface area contributed by atoms with Crippen molar-refractivity contribution in [2.24, 2.45) is 0 Å². The van der Waals surface area contributed by atoms with E-state index in [0.29, 0.717) is 0 Å². The molecule has 1 heteroatoms. The molecule has 1 aromatic carbocycles. The molecule has 0 bridgehead atoms. The molecule has 0 spiro atoms. The maximum Gasteiger partial charge on any atom is 0.0375 e. The highest BCUT2D eigenvalue weighted by Crippen LogP contribution is 2.26. The summed E-state index contributed by atoms with van der Waals surface area (Å²) in [6.07, 6.45) is 16.6. The van der Waals surface area contributed by atoms with E-state index in [1.807, 2.05) is 0 Å². The Hall–Kier alpha value is -0.980. The standard InChI is InChI=1S/C20H33N/c1-2-3-4-5-6-7-8-9-10-13-18-14-11-16-20-19(18)15-12-17-21-20/h11,14,16,21H,2-10,12-13,15,17H2,1H3. The van der Waals surface area contributed by atoms with Crippen molar-refractivity contribution >= 4 is 5.69 Å². The number of fused-ring (bicyclic) bond motifs is 1. The minimum absolute atomic E-state index is 1.15. The van der Waals surface area contributed by atoms with Crippen LogP contribution in [-0.4, -0.2) is 6.54 Å². The van der Waals surface area contributed by atoms with Gasteiger partial charge in [0, 0.05) is 12.2 Å². The zero-order valence-corrected chi connectivity index (χ0v) is 13.9. The normalized spacial score (nSPS) is 13.8. The minimum atomic E-state index is 1.15. The van der Waals surface area contributed by atoms with E-state index in [0.717, 1.165) is 6.54 Å². The molecule has 0 radical (unpaired) electrons. The first-order valence-corrected chi connectivity index (χ1v) is 9.26. The number of hydrogen-bond acceptors (Lipinski definition) is 1. The lowest BCUT2D eigenvalue weighted by Crippen LogP contribution is -2.13. The number of aryl methyl sites for hydroxylation is 1. The number of anilines is 1. The fourth-order valence-corrected chi connectivity index (χ4v) is 3.44. The summed E-state index contributed by atoms with van der Waals surface area (Å²) in [7, 11) is 0. The minimum Gasteiger partial charge on any atom is -0.385 e. The van der Waals surface area contributed by atoms with E-state index in [1.165, 1.54) is 82.7 Å². The average molecular weight is 287 g/mol. The molecule has 21 heavy (non-hydrogen) atoms. The molecule has 0 atom stereocenters. The van der Waals surface area contributed by atoms with E-state index in [2.05, 4.69) is 30.4 Å². The third-order valence-corrected chi connectivity index (χ3v) is 4.74. The first kappa shape index (κ1) is 16.4. The molecule has 1 aliphatic heterocycles. The van der Waals surface area contributed by atoms with E-state index in [4.69, 9.17) is 0 Å². The van der Waals surface area contributed by atoms with Gasteiger partial charge in [0.15, 0.2) is 0 Å². The van der Waals surface area contributed by atoms with E-state index in [1.54, 1.807) is 11.1 Å². The van der Waals surface area contributed by atoms with Crippen LogP contribution in [0.15, 0.2) is 18.2 Å². The molecule has 118 valence electrons. The van der Waals surface area contributed by atoms with Crippen LogP contribution in [-0.2, 0) is 12.8 Å². The van der Waals surface area contributed by atoms with Crippen molar-refractivity contribution in [1.82, 2.24) is 0 Å². The van der Waals surface area contributed by atoms with Gasteiger partial charge in [-0.1, -0.05) is 70.4 Å². The Morgan fingerprint density at radius 1 is 0.905 bits per heavy atom. The van der Waals surface area contributed by atoms with Crippen LogP contribution in [0.25, 0.3) is 0 Å². The lowest BCUT2D eigenvalue weighted by atomic mass is 9.94. The Morgan fingerprint density at radius 2 is 1.62 bits per heavy atom. The second-order valence-corrected chi connectivity index (χ2v) is 6.55. The number of nitrogens with one attached hydrogen (secondary N) is 1. The summed E-state index contributed by atoms with van der Waals surface area (Å²) in [5.41, 5.74) is 4.60. The van der Waals surface area contributed by atoms with Gasteiger partial charge in [0.2, 0.25) is 0 Å². The molecular weight excluding hydrogens is 254 g/mol. The van der Waals surface area contributed by atoms with E-state index in [-0.39, 0.29) is 0 Å². The van der Waals surface area contributed by atoms with Crippen LogP contribution in [0.1, 0.15) is 82.3 Å². The summed E-state index contributed by atoms with van der Waals surface area (Å²) in [6, 6.07) is 6.81. The predicted molar refractivity (Wildman–Crippen MR) is 94.2 cm³/mol. The fourth-order valence-electron chi connectivity index (χ4n) is 3.44. The molecule has 0 aliphatic carbocycles. The maximum atomic E-state index is 3.54. The van der Waals surface area contributed by atoms with E-state index < -0.39 is 0 Å². The second kappa shape index (κ2) is 9.87. The number of unbranched alkanes of at least 4 members (excludes halogenated alkanes) is 8. The van der Waals surface area contributed by atoms with Gasteiger partial charge in [0.1, 0.15) is 0 Å². The summed E-state index contributed by atoms with van der Waals surface area (Å²) in [5.74, 6) is 0. The Bertz CT molecular complexity index is 397. The van der Waals surface area contributed by atoms with Crippen LogP contribution in [0, 0.1) is 0 Å². The van der Waals surface area contributed by atoms with Gasteiger partial charge >= 0.3 is 0 Å². The predicted octanol–water partition coefficient (Wildman–Crippen LogP) is 6.12. The lowest BCUT2D eigenvalue weighted by molar-refractivity contribution is 0.564. The molecule has 1 heterocycles. The Kier molecular flexibility index (Phi) is 7.70. The smallest absolute Gasteiger partial charge is 0.0375 e. The highest BCUT2D eigenvalue weighted by Gasteiger charge is 2.11. The highest BCUT2D eigenvalue weighted by molar-refractivity contribution is 5.56. The van der Waals surface area contributed by atoms with Crippen molar-refractivity contribution in [3.8, 4) is 0 Å². The van der Waals surface area contributed by atoms with Gasteiger partial charge in [-0.25, -0.2) is 0 Å². The van der Waals surface area contributed by atoms with E-state index >= 15 is 0 Å². The molecule has 2 rings (SSSR count). The first-order valence-electron chi connectivity index (χ1n) is 9.26. The van der Waals surface area contributed by atoms with Crippen molar-refractivity contribution in [3.05, 3.63) is 29.3 Å². The molecule has 1 aliphatic rings. The van der Waals surface area contributed by atoms with Gasteiger partial charge in [0.05, 0.1) is 0 Å². The molecule has 1 nitrogen and oxygen atoms in total. The Morgan fingerprint density at radius 3 is 2.38 bits per heavy atom. The van der Waals surface area contributed by atoms with Crippen molar-refractivity contribution in [2.75, 3.05) is 11.9 Å². The average Bonchev–Trinajstić information content (AvgIpc) is 2.53. The third-order valence-electron chi connectivity index (χ3n) is 4.74. The van der Waals surface area contributed by atoms with Gasteiger partial charge in [-0.3, -0.25) is 0 Å². The summed E-state index contributed by atoms with van der Waals surface area (Å²) >= 11 is 0. The largest absolute Gasteiger partial charge is 0.385 e. The second-order valence-electron chi connectivity index (χ2n) is 6.55. The van der Waals surface area contributed by atoms with Gasteiger partial charge in [-0.2, -0.15) is 0 Å². The molecule has 0 amide bonds. The third kappa shape index (κ3) is 5.73. The van der Waals surface area contributed by atoms with Crippen molar-refractivity contribution in [1.29, 1.82) is 0 Å². The van der Waals surface area contributed by atoms with Gasteiger partial charge < -0.3 is 5.32 Å². The Labute approximate surface area is 131 Å². The molecule has 0 saturated carbocycles. The quantitative estimate of drug-likeness (QED) is 0.511. The van der Waals surface area contributed by atoms with Crippen molar-refractivity contribution in [3.63, 3.8) is 0 Å². The molecule has 1 aromatic rings. The molecule has 0 unspecified atom stereocenters. The molecule has 1 N–H and O–H groups in total. The SMILES string of the molecule is CCCCCCCCCCCc1cccc2c1CCCN2. The van der Waals surface area contributed by atoms with Crippen LogP contribution < -0.4 is 5.32 Å². The van der Waals surface area contributed by atoms with Crippen LogP contribution in [0.5, 0.6) is 0 Å². The topological polar surface area (TPSA) is 12.0 Å². The number of rotatable bonds is 10. The van der Waals surface area contributed by atoms with Crippen LogP contribution in [0.2, 0.25) is 0 Å². The molecule has 0 saturated heterocycles. The van der Waals surface area contributed by atoms with Gasteiger partial charge in [-0.05, 0) is 42.9 Å². The number of hydrogen-bond donors (Lipinski definition) is 1. The zero-order chi connectivity index (χ0) is 14.8. The summed E-state index contributed by atoms with van der Waals surface area (Å²) in [4.78, 5) is 0. The summed E-state index contributed by atoms with van der Waals surface area (Å²) < 4.78 is 0. The van der Waals surface area contributed by atoms with Crippen molar-refractivity contribution < 1.29 is 0 Å². The lowest BCUT2D eigenvalue weighted by Gasteiger charge is -2.21. The van der Waals surface area contributed by atoms with Gasteiger partial charge in [0.25, 0.3) is 0 Å². The molecular formula is C20H33N. The summed E-state index contributed by atoms with van der Waals surface area (Å²) in [6.45, 7) is 3.44. The molecule has 0 fully saturated rings. The van der Waals surface area contributed by atoms with Crippen LogP contribution in [0.4, 0.5) is 5.69 Å². The van der Waals surface area contributed by atoms with Crippen molar-refractivity contribution in [2.45, 2.75) is 84.0 Å². The first-order chi connectivity index (χ1) is 10.4. The fraction of sp³-hybridized carbons (Fsp3) is 0.700. The van der Waals surface area contributed by atoms with Gasteiger partial charge in [-0.15, -0.1) is 0 Å².